The molecular formula is C23H25N3O6S. The van der Waals surface area contributed by atoms with Crippen LogP contribution in [0, 0.1) is 0 Å². The highest BCUT2D eigenvalue weighted by molar-refractivity contribution is 7.90. The Labute approximate surface area is 192 Å². The topological polar surface area (TPSA) is 114 Å². The van der Waals surface area contributed by atoms with Gasteiger partial charge in [-0.1, -0.05) is 42.5 Å². The molecule has 1 amide bonds. The number of ether oxygens (including phenoxy) is 2. The van der Waals surface area contributed by atoms with Gasteiger partial charge >= 0.3 is 5.97 Å². The molecule has 33 heavy (non-hydrogen) atoms. The molecule has 0 aliphatic carbocycles. The SMILES string of the molecule is O=C(CCCN=C1NS(=O)(=O)c2ccccc21)O[C@@H](C(=O)N1CCOCC1)c1ccccc1. The number of amides is 1. The van der Waals surface area contributed by atoms with Crippen molar-refractivity contribution in [2.24, 2.45) is 4.99 Å². The van der Waals surface area contributed by atoms with Crippen molar-refractivity contribution in [3.05, 3.63) is 65.7 Å². The zero-order valence-electron chi connectivity index (χ0n) is 18.0. The van der Waals surface area contributed by atoms with E-state index in [1.807, 2.05) is 6.07 Å². The summed E-state index contributed by atoms with van der Waals surface area (Å²) in [5, 5.41) is 0. The molecule has 1 saturated heterocycles. The molecule has 1 fully saturated rings. The molecule has 2 heterocycles. The van der Waals surface area contributed by atoms with Crippen LogP contribution in [-0.2, 0) is 29.1 Å². The average molecular weight is 472 g/mol. The van der Waals surface area contributed by atoms with Crippen LogP contribution >= 0.6 is 0 Å². The third kappa shape index (κ3) is 5.40. The third-order valence-corrected chi connectivity index (χ3v) is 6.77. The van der Waals surface area contributed by atoms with Gasteiger partial charge in [-0.25, -0.2) is 8.42 Å². The van der Waals surface area contributed by atoms with Gasteiger partial charge in [0.1, 0.15) is 5.84 Å². The number of benzene rings is 2. The Bertz CT molecular complexity index is 1140. The lowest BCUT2D eigenvalue weighted by Crippen LogP contribution is -2.44. The van der Waals surface area contributed by atoms with Gasteiger partial charge < -0.3 is 14.4 Å². The van der Waals surface area contributed by atoms with E-state index in [0.29, 0.717) is 43.9 Å². The van der Waals surface area contributed by atoms with E-state index in [1.54, 1.807) is 47.4 Å². The molecule has 9 nitrogen and oxygen atoms in total. The summed E-state index contributed by atoms with van der Waals surface area (Å²) >= 11 is 0. The van der Waals surface area contributed by atoms with Gasteiger partial charge in [-0.15, -0.1) is 0 Å². The van der Waals surface area contributed by atoms with Crippen LogP contribution in [0.5, 0.6) is 0 Å². The average Bonchev–Trinajstić information content (AvgIpc) is 3.11. The number of esters is 1. The number of aliphatic imine (C=N–C) groups is 1. The molecule has 174 valence electrons. The van der Waals surface area contributed by atoms with Crippen LogP contribution in [-0.4, -0.2) is 63.9 Å². The van der Waals surface area contributed by atoms with Crippen molar-refractivity contribution in [1.29, 1.82) is 0 Å². The number of nitrogens with zero attached hydrogens (tertiary/aromatic N) is 2. The fourth-order valence-corrected chi connectivity index (χ4v) is 4.95. The van der Waals surface area contributed by atoms with Gasteiger partial charge in [-0.05, 0) is 18.6 Å². The number of amidine groups is 1. The molecule has 0 spiro atoms. The molecule has 0 saturated carbocycles. The summed E-state index contributed by atoms with van der Waals surface area (Å²) in [6, 6.07) is 15.5. The summed E-state index contributed by atoms with van der Waals surface area (Å²) in [7, 11) is -3.60. The largest absolute Gasteiger partial charge is 0.447 e. The minimum Gasteiger partial charge on any atom is -0.447 e. The van der Waals surface area contributed by atoms with E-state index >= 15 is 0 Å². The van der Waals surface area contributed by atoms with Crippen molar-refractivity contribution in [3.63, 3.8) is 0 Å². The van der Waals surface area contributed by atoms with Gasteiger partial charge in [-0.3, -0.25) is 19.3 Å². The fraction of sp³-hybridized carbons (Fsp3) is 0.348. The molecule has 4 rings (SSSR count). The van der Waals surface area contributed by atoms with Crippen LogP contribution in [0.1, 0.15) is 30.1 Å². The van der Waals surface area contributed by atoms with Crippen molar-refractivity contribution < 1.29 is 27.5 Å². The van der Waals surface area contributed by atoms with Crippen molar-refractivity contribution in [2.45, 2.75) is 23.8 Å². The van der Waals surface area contributed by atoms with Crippen LogP contribution in [0.25, 0.3) is 0 Å². The van der Waals surface area contributed by atoms with E-state index in [9.17, 15) is 18.0 Å². The summed E-state index contributed by atoms with van der Waals surface area (Å²) < 4.78 is 37.6. The standard InChI is InChI=1S/C23H25N3O6S/c27-20(11-6-12-24-22-18-9-4-5-10-19(18)33(29,30)25-22)32-21(17-7-2-1-3-8-17)23(28)26-13-15-31-16-14-26/h1-5,7-10,21H,6,11-16H2,(H,24,25)/t21-/m1/s1. The highest BCUT2D eigenvalue weighted by Gasteiger charge is 2.31. The van der Waals surface area contributed by atoms with Crippen molar-refractivity contribution in [2.75, 3.05) is 32.8 Å². The van der Waals surface area contributed by atoms with Gasteiger partial charge in [0.25, 0.3) is 15.9 Å². The number of sulfonamides is 1. The molecule has 2 aromatic carbocycles. The minimum atomic E-state index is -3.60. The first-order valence-electron chi connectivity index (χ1n) is 10.7. The Kier molecular flexibility index (Phi) is 7.05. The molecule has 10 heteroatoms. The molecule has 0 unspecified atom stereocenters. The van der Waals surface area contributed by atoms with Crippen LogP contribution in [0.4, 0.5) is 0 Å². The van der Waals surface area contributed by atoms with Crippen molar-refractivity contribution in [1.82, 2.24) is 9.62 Å². The Hall–Kier alpha value is -3.24. The number of fused-ring (bicyclic) bond motifs is 1. The first-order chi connectivity index (χ1) is 16.0. The summed E-state index contributed by atoms with van der Waals surface area (Å²) in [6.07, 6.45) is -0.624. The number of carbonyl (C=O) groups is 2. The second kappa shape index (κ2) is 10.1. The molecule has 0 bridgehead atoms. The van der Waals surface area contributed by atoms with Gasteiger partial charge in [0.05, 0.1) is 18.1 Å². The Balaban J connectivity index is 1.36. The van der Waals surface area contributed by atoms with E-state index < -0.39 is 22.1 Å². The van der Waals surface area contributed by atoms with Crippen LogP contribution in [0.2, 0.25) is 0 Å². The number of rotatable bonds is 7. The van der Waals surface area contributed by atoms with E-state index in [-0.39, 0.29) is 29.6 Å². The summed E-state index contributed by atoms with van der Waals surface area (Å²) in [5.41, 5.74) is 1.12. The molecule has 2 aliphatic heterocycles. The maximum absolute atomic E-state index is 13.0. The highest BCUT2D eigenvalue weighted by atomic mass is 32.2. The number of carbonyl (C=O) groups excluding carboxylic acids is 2. The zero-order chi connectivity index (χ0) is 23.3. The fourth-order valence-electron chi connectivity index (χ4n) is 3.69. The molecule has 0 radical (unpaired) electrons. The van der Waals surface area contributed by atoms with Crippen LogP contribution < -0.4 is 4.72 Å². The monoisotopic (exact) mass is 471 g/mol. The highest BCUT2D eigenvalue weighted by Crippen LogP contribution is 2.23. The van der Waals surface area contributed by atoms with Gasteiger partial charge in [-0.2, -0.15) is 0 Å². The molecule has 2 aliphatic rings. The molecule has 1 N–H and O–H groups in total. The summed E-state index contributed by atoms with van der Waals surface area (Å²) in [6.45, 7) is 2.04. The lowest BCUT2D eigenvalue weighted by atomic mass is 10.1. The second-order valence-electron chi connectivity index (χ2n) is 7.65. The van der Waals surface area contributed by atoms with E-state index in [4.69, 9.17) is 9.47 Å². The van der Waals surface area contributed by atoms with Crippen molar-refractivity contribution in [3.8, 4) is 0 Å². The van der Waals surface area contributed by atoms with E-state index in [0.717, 1.165) is 0 Å². The Morgan fingerprint density at radius 3 is 2.52 bits per heavy atom. The molecule has 1 atom stereocenters. The van der Waals surface area contributed by atoms with Crippen LogP contribution in [0.15, 0.2) is 64.5 Å². The zero-order valence-corrected chi connectivity index (χ0v) is 18.8. The Morgan fingerprint density at radius 2 is 1.76 bits per heavy atom. The summed E-state index contributed by atoms with van der Waals surface area (Å²) in [5.74, 6) is -0.517. The smallest absolute Gasteiger partial charge is 0.306 e. The summed E-state index contributed by atoms with van der Waals surface area (Å²) in [4.78, 5) is 31.7. The third-order valence-electron chi connectivity index (χ3n) is 5.37. The number of nitrogens with one attached hydrogen (secondary N) is 1. The lowest BCUT2D eigenvalue weighted by molar-refractivity contribution is -0.162. The molecular weight excluding hydrogens is 446 g/mol. The molecule has 2 aromatic rings. The maximum Gasteiger partial charge on any atom is 0.306 e. The first kappa shape index (κ1) is 22.9. The predicted molar refractivity (Wildman–Crippen MR) is 120 cm³/mol. The molecule has 0 aromatic heterocycles. The minimum absolute atomic E-state index is 0.0465. The van der Waals surface area contributed by atoms with E-state index in [1.165, 1.54) is 6.07 Å². The maximum atomic E-state index is 13.0. The normalized spacial score (nSPS) is 18.9. The first-order valence-corrected chi connectivity index (χ1v) is 12.2. The van der Waals surface area contributed by atoms with E-state index in [2.05, 4.69) is 9.71 Å². The Morgan fingerprint density at radius 1 is 1.06 bits per heavy atom. The predicted octanol–water partition coefficient (Wildman–Crippen LogP) is 1.65. The van der Waals surface area contributed by atoms with Gasteiger partial charge in [0.2, 0.25) is 6.10 Å². The number of hydrogen-bond donors (Lipinski definition) is 1. The lowest BCUT2D eigenvalue weighted by Gasteiger charge is -2.30. The number of hydrogen-bond acceptors (Lipinski definition) is 7. The quantitative estimate of drug-likeness (QED) is 0.485. The number of morpholine rings is 1. The van der Waals surface area contributed by atoms with Gasteiger partial charge in [0, 0.05) is 37.2 Å². The van der Waals surface area contributed by atoms with Gasteiger partial charge in [0.15, 0.2) is 0 Å². The second-order valence-corrected chi connectivity index (χ2v) is 9.30. The van der Waals surface area contributed by atoms with Crippen molar-refractivity contribution >= 4 is 27.7 Å². The van der Waals surface area contributed by atoms with Crippen LogP contribution in [0.3, 0.4) is 0 Å².